The second-order valence-corrected chi connectivity index (χ2v) is 8.11. The summed E-state index contributed by atoms with van der Waals surface area (Å²) in [6.07, 6.45) is 6.52. The van der Waals surface area contributed by atoms with E-state index in [-0.39, 0.29) is 18.4 Å². The lowest BCUT2D eigenvalue weighted by Gasteiger charge is -2.21. The maximum atomic E-state index is 12.8. The number of urea groups is 1. The van der Waals surface area contributed by atoms with E-state index >= 15 is 0 Å². The molecule has 0 spiro atoms. The van der Waals surface area contributed by atoms with Gasteiger partial charge in [0, 0.05) is 6.54 Å². The molecule has 8 nitrogen and oxygen atoms in total. The van der Waals surface area contributed by atoms with Gasteiger partial charge in [-0.15, -0.1) is 0 Å². The Morgan fingerprint density at radius 3 is 2.48 bits per heavy atom. The quantitative estimate of drug-likeness (QED) is 0.368. The number of carbonyl (C=O) groups excluding carboxylic acids is 3. The zero-order chi connectivity index (χ0) is 22.9. The number of unbranched alkanes of at least 4 members (excludes halogenated alkanes) is 4. The lowest BCUT2D eigenvalue weighted by molar-refractivity contribution is -0.134. The van der Waals surface area contributed by atoms with Gasteiger partial charge < -0.3 is 20.1 Å². The number of methoxy groups -OCH3 is 2. The van der Waals surface area contributed by atoms with E-state index in [2.05, 4.69) is 17.6 Å². The van der Waals surface area contributed by atoms with Crippen molar-refractivity contribution in [1.29, 1.82) is 0 Å². The van der Waals surface area contributed by atoms with Gasteiger partial charge in [-0.3, -0.25) is 14.5 Å². The van der Waals surface area contributed by atoms with Gasteiger partial charge >= 0.3 is 6.03 Å². The molecule has 0 aliphatic carbocycles. The molecular weight excluding hydrogens is 398 g/mol. The molecule has 1 aromatic rings. The molecule has 1 aromatic carbocycles. The fourth-order valence-electron chi connectivity index (χ4n) is 3.72. The SMILES string of the molecule is CCCCCCCC1(C)NC(=O)N(CC(=O)NCCc2ccc(OC)c(OC)c2)C1=O. The average Bonchev–Trinajstić information content (AvgIpc) is 2.96. The lowest BCUT2D eigenvalue weighted by atomic mass is 9.94. The first-order valence-electron chi connectivity index (χ1n) is 11.0. The number of hydrogen-bond acceptors (Lipinski definition) is 5. The van der Waals surface area contributed by atoms with Crippen molar-refractivity contribution in [3.8, 4) is 11.5 Å². The van der Waals surface area contributed by atoms with Gasteiger partial charge in [-0.05, 0) is 37.5 Å². The van der Waals surface area contributed by atoms with Crippen LogP contribution in [-0.2, 0) is 16.0 Å². The molecule has 0 radical (unpaired) electrons. The highest BCUT2D eigenvalue weighted by atomic mass is 16.5. The summed E-state index contributed by atoms with van der Waals surface area (Å²) >= 11 is 0. The normalized spacial score (nSPS) is 18.1. The first-order chi connectivity index (χ1) is 14.8. The van der Waals surface area contributed by atoms with Crippen LogP contribution in [0.4, 0.5) is 4.79 Å². The highest BCUT2D eigenvalue weighted by Gasteiger charge is 2.47. The van der Waals surface area contributed by atoms with Crippen LogP contribution in [0.3, 0.4) is 0 Å². The second-order valence-electron chi connectivity index (χ2n) is 8.11. The van der Waals surface area contributed by atoms with Crippen molar-refractivity contribution in [2.75, 3.05) is 27.3 Å². The Labute approximate surface area is 184 Å². The van der Waals surface area contributed by atoms with Crippen LogP contribution in [0.2, 0.25) is 0 Å². The van der Waals surface area contributed by atoms with Crippen LogP contribution in [0.5, 0.6) is 11.5 Å². The predicted molar refractivity (Wildman–Crippen MR) is 118 cm³/mol. The van der Waals surface area contributed by atoms with Gasteiger partial charge in [-0.1, -0.05) is 45.1 Å². The molecule has 4 amide bonds. The van der Waals surface area contributed by atoms with Crippen molar-refractivity contribution in [3.63, 3.8) is 0 Å². The number of imide groups is 1. The molecule has 172 valence electrons. The molecule has 1 atom stereocenters. The largest absolute Gasteiger partial charge is 0.493 e. The highest BCUT2D eigenvalue weighted by molar-refractivity contribution is 6.08. The van der Waals surface area contributed by atoms with E-state index in [4.69, 9.17) is 9.47 Å². The van der Waals surface area contributed by atoms with E-state index in [9.17, 15) is 14.4 Å². The second kappa shape index (κ2) is 11.6. The summed E-state index contributed by atoms with van der Waals surface area (Å²) in [5.41, 5.74) is 0.0482. The number of nitrogens with zero attached hydrogens (tertiary/aromatic N) is 1. The minimum absolute atomic E-state index is 0.276. The van der Waals surface area contributed by atoms with Gasteiger partial charge in [-0.2, -0.15) is 0 Å². The number of benzene rings is 1. The Balaban J connectivity index is 1.81. The van der Waals surface area contributed by atoms with Crippen LogP contribution in [0, 0.1) is 0 Å². The van der Waals surface area contributed by atoms with E-state index < -0.39 is 11.6 Å². The van der Waals surface area contributed by atoms with Crippen molar-refractivity contribution in [1.82, 2.24) is 15.5 Å². The highest BCUT2D eigenvalue weighted by Crippen LogP contribution is 2.27. The molecule has 2 N–H and O–H groups in total. The van der Waals surface area contributed by atoms with E-state index in [0.717, 1.165) is 36.1 Å². The molecule has 8 heteroatoms. The van der Waals surface area contributed by atoms with Crippen molar-refractivity contribution in [3.05, 3.63) is 23.8 Å². The standard InChI is InChI=1S/C23H35N3O5/c1-5-6-7-8-9-13-23(2)21(28)26(22(29)25-23)16-20(27)24-14-12-17-10-11-18(30-3)19(15-17)31-4/h10-11,15H,5-9,12-14,16H2,1-4H3,(H,24,27)(H,25,29). The average molecular weight is 434 g/mol. The van der Waals surface area contributed by atoms with Crippen LogP contribution >= 0.6 is 0 Å². The van der Waals surface area contributed by atoms with Crippen molar-refractivity contribution in [2.24, 2.45) is 0 Å². The minimum atomic E-state index is -0.927. The van der Waals surface area contributed by atoms with E-state index in [0.29, 0.717) is 30.9 Å². The summed E-state index contributed by atoms with van der Waals surface area (Å²) in [5, 5.41) is 5.54. The number of carbonyl (C=O) groups is 3. The first-order valence-corrected chi connectivity index (χ1v) is 11.0. The van der Waals surface area contributed by atoms with E-state index in [1.165, 1.54) is 6.42 Å². The molecule has 0 bridgehead atoms. The monoisotopic (exact) mass is 433 g/mol. The predicted octanol–water partition coefficient (Wildman–Crippen LogP) is 3.03. The summed E-state index contributed by atoms with van der Waals surface area (Å²) in [4.78, 5) is 38.4. The summed E-state index contributed by atoms with van der Waals surface area (Å²) in [7, 11) is 3.14. The van der Waals surface area contributed by atoms with Crippen molar-refractivity contribution >= 4 is 17.8 Å². The Bertz CT molecular complexity index is 782. The topological polar surface area (TPSA) is 97.0 Å². The maximum Gasteiger partial charge on any atom is 0.325 e. The third-order valence-electron chi connectivity index (χ3n) is 5.61. The maximum absolute atomic E-state index is 12.8. The van der Waals surface area contributed by atoms with Crippen LogP contribution in [-0.4, -0.2) is 55.6 Å². The summed E-state index contributed by atoms with van der Waals surface area (Å²) in [6, 6.07) is 5.06. The Kier molecular flexibility index (Phi) is 9.15. The smallest absolute Gasteiger partial charge is 0.325 e. The molecule has 2 rings (SSSR count). The minimum Gasteiger partial charge on any atom is -0.493 e. The zero-order valence-corrected chi connectivity index (χ0v) is 19.1. The first kappa shape index (κ1) is 24.5. The number of amides is 4. The molecule has 1 fully saturated rings. The molecule has 1 aliphatic heterocycles. The van der Waals surface area contributed by atoms with Crippen LogP contribution in [0.1, 0.15) is 57.9 Å². The Morgan fingerprint density at radius 1 is 1.10 bits per heavy atom. The molecule has 1 unspecified atom stereocenters. The molecule has 0 aromatic heterocycles. The lowest BCUT2D eigenvalue weighted by Crippen LogP contribution is -2.45. The fourth-order valence-corrected chi connectivity index (χ4v) is 3.72. The van der Waals surface area contributed by atoms with E-state index in [1.54, 1.807) is 21.1 Å². The van der Waals surface area contributed by atoms with Gasteiger partial charge in [0.2, 0.25) is 5.91 Å². The third-order valence-corrected chi connectivity index (χ3v) is 5.61. The number of rotatable bonds is 13. The van der Waals surface area contributed by atoms with Crippen LogP contribution in [0.25, 0.3) is 0 Å². The van der Waals surface area contributed by atoms with Gasteiger partial charge in [-0.25, -0.2) is 4.79 Å². The number of nitrogens with one attached hydrogen (secondary N) is 2. The van der Waals surface area contributed by atoms with Crippen LogP contribution in [0.15, 0.2) is 18.2 Å². The van der Waals surface area contributed by atoms with Crippen molar-refractivity contribution < 1.29 is 23.9 Å². The summed E-state index contributed by atoms with van der Waals surface area (Å²) in [5.74, 6) is 0.570. The number of ether oxygens (including phenoxy) is 2. The third kappa shape index (κ3) is 6.60. The molecular formula is C23H35N3O5. The van der Waals surface area contributed by atoms with Gasteiger partial charge in [0.25, 0.3) is 5.91 Å². The molecule has 31 heavy (non-hydrogen) atoms. The van der Waals surface area contributed by atoms with Gasteiger partial charge in [0.15, 0.2) is 11.5 Å². The summed E-state index contributed by atoms with van der Waals surface area (Å²) in [6.45, 7) is 4.00. The Hall–Kier alpha value is -2.77. The number of hydrogen-bond donors (Lipinski definition) is 2. The van der Waals surface area contributed by atoms with Gasteiger partial charge in [0.1, 0.15) is 12.1 Å². The zero-order valence-electron chi connectivity index (χ0n) is 19.1. The fraction of sp³-hybridized carbons (Fsp3) is 0.609. The van der Waals surface area contributed by atoms with Gasteiger partial charge in [0.05, 0.1) is 14.2 Å². The molecule has 1 aliphatic rings. The molecule has 1 heterocycles. The molecule has 1 saturated heterocycles. The summed E-state index contributed by atoms with van der Waals surface area (Å²) < 4.78 is 10.5. The van der Waals surface area contributed by atoms with E-state index in [1.807, 2.05) is 18.2 Å². The Morgan fingerprint density at radius 2 is 1.81 bits per heavy atom. The molecule has 0 saturated carbocycles. The van der Waals surface area contributed by atoms with Crippen molar-refractivity contribution in [2.45, 2.75) is 64.3 Å². The van der Waals surface area contributed by atoms with Crippen LogP contribution < -0.4 is 20.1 Å².